The Morgan fingerprint density at radius 1 is 1.13 bits per heavy atom. The summed E-state index contributed by atoms with van der Waals surface area (Å²) in [6.45, 7) is 0. The van der Waals surface area contributed by atoms with E-state index in [0.717, 1.165) is 22.6 Å². The average Bonchev–Trinajstić information content (AvgIpc) is 2.27. The summed E-state index contributed by atoms with van der Waals surface area (Å²) in [4.78, 5) is 12.3. The summed E-state index contributed by atoms with van der Waals surface area (Å²) in [5.74, 6) is 1.41. The predicted octanol–water partition coefficient (Wildman–Crippen LogP) is 2.27. The lowest BCUT2D eigenvalue weighted by atomic mass is 10.1. The van der Waals surface area contributed by atoms with Crippen LogP contribution in [0.2, 0.25) is 0 Å². The molecule has 0 radical (unpaired) electrons. The predicted molar refractivity (Wildman–Crippen MR) is 58.7 cm³/mol. The number of rotatable bonds is 2. The summed E-state index contributed by atoms with van der Waals surface area (Å²) in [6.07, 6.45) is 1.40. The van der Waals surface area contributed by atoms with E-state index in [4.69, 9.17) is 9.47 Å². The Hall–Kier alpha value is -1.16. The molecule has 0 aliphatic carbocycles. The van der Waals surface area contributed by atoms with Gasteiger partial charge in [-0.25, -0.2) is 0 Å². The van der Waals surface area contributed by atoms with Crippen molar-refractivity contribution in [2.45, 2.75) is 17.7 Å². The van der Waals surface area contributed by atoms with Crippen LogP contribution in [0.25, 0.3) is 0 Å². The Kier molecular flexibility index (Phi) is 2.86. The molecule has 0 fully saturated rings. The summed E-state index contributed by atoms with van der Waals surface area (Å²) in [5.41, 5.74) is 1.16. The van der Waals surface area contributed by atoms with Gasteiger partial charge in [0, 0.05) is 11.3 Å². The van der Waals surface area contributed by atoms with E-state index in [1.807, 2.05) is 12.1 Å². The molecule has 80 valence electrons. The lowest BCUT2D eigenvalue weighted by Gasteiger charge is -2.17. The van der Waals surface area contributed by atoms with Gasteiger partial charge in [-0.3, -0.25) is 4.79 Å². The number of carbonyl (C=O) groups excluding carboxylic acids is 1. The van der Waals surface area contributed by atoms with E-state index >= 15 is 0 Å². The molecule has 4 heteroatoms. The fourth-order valence-corrected chi connectivity index (χ4v) is 2.51. The first kappa shape index (κ1) is 10.4. The van der Waals surface area contributed by atoms with Crippen molar-refractivity contribution in [1.29, 1.82) is 0 Å². The Bertz CT molecular complexity index is 401. The molecule has 0 spiro atoms. The van der Waals surface area contributed by atoms with Gasteiger partial charge in [0.25, 0.3) is 0 Å². The summed E-state index contributed by atoms with van der Waals surface area (Å²) in [5, 5.41) is 0.217. The Morgan fingerprint density at radius 2 is 1.80 bits per heavy atom. The molecular formula is C11H12O3S. The highest BCUT2D eigenvalue weighted by Crippen LogP contribution is 2.39. The minimum atomic E-state index is 0.217. The molecule has 1 heterocycles. The molecule has 0 saturated carbocycles. The maximum absolute atomic E-state index is 11.3. The molecule has 1 aliphatic rings. The zero-order valence-corrected chi connectivity index (χ0v) is 9.52. The van der Waals surface area contributed by atoms with E-state index in [0.29, 0.717) is 12.2 Å². The maximum Gasteiger partial charge on any atom is 0.194 e. The SMILES string of the molecule is COc1cc2c(cc1OC)SC(=O)CC2. The first-order valence-electron chi connectivity index (χ1n) is 4.70. The van der Waals surface area contributed by atoms with Gasteiger partial charge in [-0.1, -0.05) is 11.8 Å². The van der Waals surface area contributed by atoms with E-state index < -0.39 is 0 Å². The average molecular weight is 224 g/mol. The number of fused-ring (bicyclic) bond motifs is 1. The van der Waals surface area contributed by atoms with Gasteiger partial charge in [-0.05, 0) is 24.1 Å². The molecule has 1 aromatic rings. The summed E-state index contributed by atoms with van der Waals surface area (Å²) >= 11 is 1.29. The molecule has 0 amide bonds. The fourth-order valence-electron chi connectivity index (χ4n) is 1.60. The Balaban J connectivity index is 2.45. The van der Waals surface area contributed by atoms with Crippen LogP contribution in [0.5, 0.6) is 11.5 Å². The largest absolute Gasteiger partial charge is 0.493 e. The van der Waals surface area contributed by atoms with Gasteiger partial charge in [0.15, 0.2) is 16.6 Å². The van der Waals surface area contributed by atoms with Crippen LogP contribution in [-0.4, -0.2) is 19.3 Å². The van der Waals surface area contributed by atoms with E-state index in [9.17, 15) is 4.79 Å². The van der Waals surface area contributed by atoms with Crippen LogP contribution in [0.3, 0.4) is 0 Å². The molecule has 15 heavy (non-hydrogen) atoms. The number of hydrogen-bond acceptors (Lipinski definition) is 4. The number of methoxy groups -OCH3 is 2. The number of carbonyl (C=O) groups is 1. The van der Waals surface area contributed by atoms with Gasteiger partial charge in [0.05, 0.1) is 14.2 Å². The van der Waals surface area contributed by atoms with Crippen molar-refractivity contribution in [1.82, 2.24) is 0 Å². The zero-order valence-electron chi connectivity index (χ0n) is 8.70. The zero-order chi connectivity index (χ0) is 10.8. The lowest BCUT2D eigenvalue weighted by Crippen LogP contribution is -2.05. The van der Waals surface area contributed by atoms with E-state index in [1.54, 1.807) is 14.2 Å². The Morgan fingerprint density at radius 3 is 2.47 bits per heavy atom. The van der Waals surface area contributed by atoms with Crippen LogP contribution in [-0.2, 0) is 11.2 Å². The highest BCUT2D eigenvalue weighted by atomic mass is 32.2. The van der Waals surface area contributed by atoms with Crippen LogP contribution in [0.1, 0.15) is 12.0 Å². The molecule has 3 nitrogen and oxygen atoms in total. The number of benzene rings is 1. The van der Waals surface area contributed by atoms with Crippen molar-refractivity contribution in [2.24, 2.45) is 0 Å². The van der Waals surface area contributed by atoms with Gasteiger partial charge in [0.1, 0.15) is 0 Å². The van der Waals surface area contributed by atoms with Crippen molar-refractivity contribution < 1.29 is 14.3 Å². The molecule has 0 atom stereocenters. The summed E-state index contributed by atoms with van der Waals surface area (Å²) in [7, 11) is 3.21. The number of thioether (sulfide) groups is 1. The minimum Gasteiger partial charge on any atom is -0.493 e. The van der Waals surface area contributed by atoms with Crippen molar-refractivity contribution in [3.63, 3.8) is 0 Å². The fraction of sp³-hybridized carbons (Fsp3) is 0.364. The van der Waals surface area contributed by atoms with Gasteiger partial charge in [-0.2, -0.15) is 0 Å². The molecule has 0 bridgehead atoms. The van der Waals surface area contributed by atoms with Gasteiger partial charge >= 0.3 is 0 Å². The smallest absolute Gasteiger partial charge is 0.194 e. The monoisotopic (exact) mass is 224 g/mol. The third-order valence-corrected chi connectivity index (χ3v) is 3.42. The van der Waals surface area contributed by atoms with E-state index in [2.05, 4.69) is 0 Å². The van der Waals surface area contributed by atoms with Crippen LogP contribution >= 0.6 is 11.8 Å². The molecule has 1 aromatic carbocycles. The summed E-state index contributed by atoms with van der Waals surface area (Å²) < 4.78 is 10.4. The highest BCUT2D eigenvalue weighted by Gasteiger charge is 2.19. The third kappa shape index (κ3) is 1.95. The Labute approximate surface area is 92.8 Å². The summed E-state index contributed by atoms with van der Waals surface area (Å²) in [6, 6.07) is 3.82. The number of hydrogen-bond donors (Lipinski definition) is 0. The lowest BCUT2D eigenvalue weighted by molar-refractivity contribution is -0.111. The second-order valence-electron chi connectivity index (χ2n) is 3.29. The molecular weight excluding hydrogens is 212 g/mol. The third-order valence-electron chi connectivity index (χ3n) is 2.39. The number of ether oxygens (including phenoxy) is 2. The molecule has 0 unspecified atom stereocenters. The topological polar surface area (TPSA) is 35.5 Å². The second kappa shape index (κ2) is 4.14. The highest BCUT2D eigenvalue weighted by molar-refractivity contribution is 8.13. The van der Waals surface area contributed by atoms with Gasteiger partial charge in [0.2, 0.25) is 0 Å². The molecule has 1 aliphatic heterocycles. The standard InChI is InChI=1S/C11H12O3S/c1-13-8-5-7-3-4-11(12)15-10(7)6-9(8)14-2/h5-6H,3-4H2,1-2H3. The minimum absolute atomic E-state index is 0.217. The van der Waals surface area contributed by atoms with Crippen LogP contribution in [0.15, 0.2) is 17.0 Å². The molecule has 0 aromatic heterocycles. The number of aryl methyl sites for hydroxylation is 1. The first-order valence-corrected chi connectivity index (χ1v) is 5.52. The van der Waals surface area contributed by atoms with Gasteiger partial charge in [-0.15, -0.1) is 0 Å². The second-order valence-corrected chi connectivity index (χ2v) is 4.39. The van der Waals surface area contributed by atoms with Crippen molar-refractivity contribution in [2.75, 3.05) is 14.2 Å². The van der Waals surface area contributed by atoms with Crippen LogP contribution in [0, 0.1) is 0 Å². The van der Waals surface area contributed by atoms with Crippen molar-refractivity contribution >= 4 is 16.9 Å². The maximum atomic E-state index is 11.3. The van der Waals surface area contributed by atoms with Crippen molar-refractivity contribution in [3.8, 4) is 11.5 Å². The molecule has 0 N–H and O–H groups in total. The molecule has 2 rings (SSSR count). The molecule has 0 saturated heterocycles. The van der Waals surface area contributed by atoms with E-state index in [1.165, 1.54) is 11.8 Å². The van der Waals surface area contributed by atoms with Crippen molar-refractivity contribution in [3.05, 3.63) is 17.7 Å². The van der Waals surface area contributed by atoms with E-state index in [-0.39, 0.29) is 5.12 Å². The van der Waals surface area contributed by atoms with Crippen LogP contribution in [0.4, 0.5) is 0 Å². The quantitative estimate of drug-likeness (QED) is 0.772. The van der Waals surface area contributed by atoms with Crippen LogP contribution < -0.4 is 9.47 Å². The normalized spacial score (nSPS) is 14.7. The first-order chi connectivity index (χ1) is 7.24. The van der Waals surface area contributed by atoms with Gasteiger partial charge < -0.3 is 9.47 Å².